The van der Waals surface area contributed by atoms with Gasteiger partial charge in [-0.2, -0.15) is 0 Å². The van der Waals surface area contributed by atoms with Gasteiger partial charge in [0, 0.05) is 49.1 Å². The molecule has 7 nitrogen and oxygen atoms in total. The van der Waals surface area contributed by atoms with Crippen LogP contribution in [0, 0.1) is 0 Å². The van der Waals surface area contributed by atoms with Crippen molar-refractivity contribution in [1.29, 1.82) is 0 Å². The first-order valence-electron chi connectivity index (χ1n) is 11.0. The molecule has 0 atom stereocenters. The number of ether oxygens (including phenoxy) is 1. The number of urea groups is 1. The van der Waals surface area contributed by atoms with E-state index < -0.39 is 0 Å². The number of fused-ring (bicyclic) bond motifs is 4. The Kier molecular flexibility index (Phi) is 5.17. The van der Waals surface area contributed by atoms with Crippen molar-refractivity contribution in [2.45, 2.75) is 24.7 Å². The summed E-state index contributed by atoms with van der Waals surface area (Å²) in [6, 6.07) is 15.9. The van der Waals surface area contributed by atoms with Crippen LogP contribution in [0.15, 0.2) is 54.7 Å². The van der Waals surface area contributed by atoms with E-state index in [-0.39, 0.29) is 11.4 Å². The fraction of sp³-hybridized carbons (Fsp3) is 0.320. The number of nitrogens with zero attached hydrogens (tertiary/aromatic N) is 3. The average Bonchev–Trinajstić information content (AvgIpc) is 2.84. The highest BCUT2D eigenvalue weighted by atomic mass is 16.5. The summed E-state index contributed by atoms with van der Waals surface area (Å²) in [7, 11) is 3.46. The minimum atomic E-state index is -0.0698. The molecule has 1 saturated heterocycles. The fourth-order valence-corrected chi connectivity index (χ4v) is 4.99. The zero-order chi connectivity index (χ0) is 22.1. The lowest BCUT2D eigenvalue weighted by atomic mass is 9.64. The number of benzene rings is 2. The maximum absolute atomic E-state index is 12.9. The second-order valence-electron chi connectivity index (χ2n) is 8.47. The van der Waals surface area contributed by atoms with Gasteiger partial charge in [0.15, 0.2) is 0 Å². The third-order valence-electron chi connectivity index (χ3n) is 6.70. The molecule has 1 aliphatic carbocycles. The molecule has 2 heterocycles. The van der Waals surface area contributed by atoms with Crippen LogP contribution in [0.25, 0.3) is 11.3 Å². The van der Waals surface area contributed by atoms with Crippen LogP contribution in [-0.2, 0) is 11.8 Å². The fourth-order valence-electron chi connectivity index (χ4n) is 4.99. The van der Waals surface area contributed by atoms with Crippen LogP contribution >= 0.6 is 0 Å². The zero-order valence-corrected chi connectivity index (χ0v) is 18.4. The standard InChI is InChI=1S/C25H27N5O2/c1-26-23-27-16-17-15-25(21-9-4-3-8-20(21)22(17)29-23)10-12-30(13-11-25)24(31)28-18-6-5-7-19(14-18)32-2/h3-9,14,16H,10-13,15H2,1-2H3,(H,28,31)(H,26,27,29). The molecule has 3 aromatic rings. The van der Waals surface area contributed by atoms with Crippen molar-refractivity contribution in [2.75, 3.05) is 37.9 Å². The SMILES string of the molecule is CNc1ncc2c(n1)-c1ccccc1C1(CCN(C(=O)Nc3cccc(OC)c3)CC1)C2. The molecule has 1 spiro atoms. The first-order valence-corrected chi connectivity index (χ1v) is 11.0. The first kappa shape index (κ1) is 20.3. The van der Waals surface area contributed by atoms with Crippen LogP contribution in [-0.4, -0.2) is 48.1 Å². The molecule has 0 radical (unpaired) electrons. The van der Waals surface area contributed by atoms with Gasteiger partial charge in [-0.1, -0.05) is 30.3 Å². The number of piperidine rings is 1. The Hall–Kier alpha value is -3.61. The van der Waals surface area contributed by atoms with Crippen LogP contribution in [0.4, 0.5) is 16.4 Å². The molecule has 2 aromatic carbocycles. The smallest absolute Gasteiger partial charge is 0.321 e. The molecule has 2 aliphatic rings. The van der Waals surface area contributed by atoms with Crippen molar-refractivity contribution < 1.29 is 9.53 Å². The third-order valence-corrected chi connectivity index (χ3v) is 6.70. The number of rotatable bonds is 3. The lowest BCUT2D eigenvalue weighted by Gasteiger charge is -2.45. The second-order valence-corrected chi connectivity index (χ2v) is 8.47. The summed E-state index contributed by atoms with van der Waals surface area (Å²) in [5.74, 6) is 1.36. The van der Waals surface area contributed by atoms with Gasteiger partial charge >= 0.3 is 6.03 Å². The molecule has 1 aliphatic heterocycles. The van der Waals surface area contributed by atoms with Crippen molar-refractivity contribution in [2.24, 2.45) is 0 Å². The summed E-state index contributed by atoms with van der Waals surface area (Å²) in [6.45, 7) is 1.41. The number of amides is 2. The summed E-state index contributed by atoms with van der Waals surface area (Å²) in [4.78, 5) is 24.0. The van der Waals surface area contributed by atoms with Crippen molar-refractivity contribution in [1.82, 2.24) is 14.9 Å². The summed E-state index contributed by atoms with van der Waals surface area (Å²) >= 11 is 0. The number of aromatic nitrogens is 2. The lowest BCUT2D eigenvalue weighted by molar-refractivity contribution is 0.166. The molecule has 5 rings (SSSR count). The van der Waals surface area contributed by atoms with E-state index in [1.54, 1.807) is 7.11 Å². The number of carbonyl (C=O) groups is 1. The van der Waals surface area contributed by atoms with Crippen molar-refractivity contribution >= 4 is 17.7 Å². The van der Waals surface area contributed by atoms with Gasteiger partial charge in [-0.25, -0.2) is 14.8 Å². The Morgan fingerprint density at radius 3 is 2.72 bits per heavy atom. The Labute approximate surface area is 187 Å². The van der Waals surface area contributed by atoms with Gasteiger partial charge in [0.05, 0.1) is 12.8 Å². The Balaban J connectivity index is 1.36. The number of hydrogen-bond donors (Lipinski definition) is 2. The Morgan fingerprint density at radius 2 is 1.94 bits per heavy atom. The van der Waals surface area contributed by atoms with Gasteiger partial charge < -0.3 is 20.3 Å². The van der Waals surface area contributed by atoms with Gasteiger partial charge in [0.25, 0.3) is 0 Å². The summed E-state index contributed by atoms with van der Waals surface area (Å²) < 4.78 is 5.25. The minimum absolute atomic E-state index is 0.000854. The van der Waals surface area contributed by atoms with Crippen molar-refractivity contribution in [3.63, 3.8) is 0 Å². The normalized spacial score (nSPS) is 16.1. The van der Waals surface area contributed by atoms with Gasteiger partial charge in [-0.3, -0.25) is 0 Å². The van der Waals surface area contributed by atoms with E-state index >= 15 is 0 Å². The van der Waals surface area contributed by atoms with Crippen LogP contribution in [0.1, 0.15) is 24.0 Å². The maximum Gasteiger partial charge on any atom is 0.321 e. The molecule has 164 valence electrons. The van der Waals surface area contributed by atoms with E-state index in [2.05, 4.69) is 39.9 Å². The summed E-state index contributed by atoms with van der Waals surface area (Å²) in [5, 5.41) is 6.05. The van der Waals surface area contributed by atoms with Gasteiger partial charge in [-0.05, 0) is 42.5 Å². The van der Waals surface area contributed by atoms with Gasteiger partial charge in [-0.15, -0.1) is 0 Å². The summed E-state index contributed by atoms with van der Waals surface area (Å²) in [5.41, 5.74) is 5.45. The topological polar surface area (TPSA) is 79.4 Å². The second kappa shape index (κ2) is 8.15. The molecule has 0 saturated carbocycles. The highest BCUT2D eigenvalue weighted by Gasteiger charge is 2.42. The average molecular weight is 430 g/mol. The Morgan fingerprint density at radius 1 is 1.12 bits per heavy atom. The van der Waals surface area contributed by atoms with E-state index in [9.17, 15) is 4.79 Å². The highest BCUT2D eigenvalue weighted by molar-refractivity contribution is 5.89. The zero-order valence-electron chi connectivity index (χ0n) is 18.4. The van der Waals surface area contributed by atoms with Gasteiger partial charge in [0.2, 0.25) is 5.95 Å². The summed E-state index contributed by atoms with van der Waals surface area (Å²) in [6.07, 6.45) is 4.66. The van der Waals surface area contributed by atoms with E-state index in [0.29, 0.717) is 19.0 Å². The van der Waals surface area contributed by atoms with Crippen LogP contribution in [0.2, 0.25) is 0 Å². The number of anilines is 2. The van der Waals surface area contributed by atoms with Crippen molar-refractivity contribution in [3.05, 3.63) is 65.9 Å². The predicted octanol–water partition coefficient (Wildman–Crippen LogP) is 4.32. The first-order chi connectivity index (χ1) is 15.6. The van der Waals surface area contributed by atoms with E-state index in [1.165, 1.54) is 16.7 Å². The highest BCUT2D eigenvalue weighted by Crippen LogP contribution is 2.47. The molecule has 2 amide bonds. The van der Waals surface area contributed by atoms with Crippen LogP contribution in [0.3, 0.4) is 0 Å². The number of hydrogen-bond acceptors (Lipinski definition) is 5. The van der Waals surface area contributed by atoms with Gasteiger partial charge in [0.1, 0.15) is 5.75 Å². The number of nitrogens with one attached hydrogen (secondary N) is 2. The molecule has 0 bridgehead atoms. The third kappa shape index (κ3) is 3.53. The van der Waals surface area contributed by atoms with Crippen LogP contribution in [0.5, 0.6) is 5.75 Å². The minimum Gasteiger partial charge on any atom is -0.497 e. The van der Waals surface area contributed by atoms with E-state index in [4.69, 9.17) is 9.72 Å². The molecule has 32 heavy (non-hydrogen) atoms. The monoisotopic (exact) mass is 429 g/mol. The molecule has 1 fully saturated rings. The maximum atomic E-state index is 12.9. The molecule has 0 unspecified atom stereocenters. The quantitative estimate of drug-likeness (QED) is 0.648. The van der Waals surface area contributed by atoms with Crippen molar-refractivity contribution in [3.8, 4) is 17.0 Å². The van der Waals surface area contributed by atoms with E-state index in [0.717, 1.165) is 36.4 Å². The largest absolute Gasteiger partial charge is 0.497 e. The number of carbonyl (C=O) groups excluding carboxylic acids is 1. The van der Waals surface area contributed by atoms with E-state index in [1.807, 2.05) is 42.4 Å². The van der Waals surface area contributed by atoms with Crippen LogP contribution < -0.4 is 15.4 Å². The molecule has 1 aromatic heterocycles. The Bertz CT molecular complexity index is 1150. The number of likely N-dealkylation sites (tertiary alicyclic amines) is 1. The number of methoxy groups -OCH3 is 1. The molecule has 2 N–H and O–H groups in total. The molecular formula is C25H27N5O2. The molecule has 7 heteroatoms. The lowest BCUT2D eigenvalue weighted by Crippen LogP contribution is -2.48. The molecular weight excluding hydrogens is 402 g/mol. The predicted molar refractivity (Wildman–Crippen MR) is 125 cm³/mol.